The summed E-state index contributed by atoms with van der Waals surface area (Å²) in [6, 6.07) is 4.44. The van der Waals surface area contributed by atoms with Gasteiger partial charge in [-0.25, -0.2) is 13.4 Å². The molecule has 0 atom stereocenters. The molecule has 0 spiro atoms. The van der Waals surface area contributed by atoms with Crippen molar-refractivity contribution in [3.8, 4) is 11.5 Å². The van der Waals surface area contributed by atoms with E-state index in [0.717, 1.165) is 6.26 Å². The summed E-state index contributed by atoms with van der Waals surface area (Å²) in [5.74, 6) is 1.29. The van der Waals surface area contributed by atoms with Gasteiger partial charge in [0.2, 0.25) is 5.95 Å². The number of hydrogen-bond acceptors (Lipinski definition) is 9. The number of sulfone groups is 1. The van der Waals surface area contributed by atoms with Crippen molar-refractivity contribution in [2.45, 2.75) is 24.7 Å². The van der Waals surface area contributed by atoms with Crippen LogP contribution in [0.5, 0.6) is 0 Å². The van der Waals surface area contributed by atoms with Crippen LogP contribution in [0.1, 0.15) is 25.6 Å². The molecule has 3 aromatic rings. The summed E-state index contributed by atoms with van der Waals surface area (Å²) in [6.45, 7) is 3.89. The largest absolute Gasteiger partial charge is 0.383 e. The molecule has 0 unspecified atom stereocenters. The molecule has 0 aliphatic rings. The zero-order chi connectivity index (χ0) is 19.8. The Bertz CT molecular complexity index is 1100. The van der Waals surface area contributed by atoms with Gasteiger partial charge in [-0.15, -0.1) is 0 Å². The van der Waals surface area contributed by atoms with Gasteiger partial charge < -0.3 is 15.6 Å². The van der Waals surface area contributed by atoms with E-state index in [1.807, 2.05) is 13.8 Å². The Morgan fingerprint density at radius 3 is 2.56 bits per heavy atom. The van der Waals surface area contributed by atoms with Gasteiger partial charge in [0.15, 0.2) is 15.7 Å². The van der Waals surface area contributed by atoms with Gasteiger partial charge in [-0.1, -0.05) is 30.6 Å². The summed E-state index contributed by atoms with van der Waals surface area (Å²) in [4.78, 5) is 12.7. The number of halogens is 1. The molecule has 2 heterocycles. The number of nitrogens with one attached hydrogen (secondary N) is 1. The smallest absolute Gasteiger partial charge is 0.263 e. The molecule has 142 valence electrons. The first-order valence-electron chi connectivity index (χ1n) is 7.88. The number of nitrogen functional groups attached to an aromatic ring is 1. The van der Waals surface area contributed by atoms with E-state index in [4.69, 9.17) is 21.9 Å². The van der Waals surface area contributed by atoms with Crippen molar-refractivity contribution in [2.75, 3.05) is 17.3 Å². The first-order valence-corrected chi connectivity index (χ1v) is 10.1. The van der Waals surface area contributed by atoms with Crippen molar-refractivity contribution < 1.29 is 12.9 Å². The monoisotopic (exact) mass is 408 g/mol. The maximum Gasteiger partial charge on any atom is 0.263 e. The summed E-state index contributed by atoms with van der Waals surface area (Å²) in [6.07, 6.45) is 2.56. The average molecular weight is 409 g/mol. The SMILES string of the molecule is CC(C)c1noc(-c2cnc(Nc3ccc(S(C)(=O)=O)c(Cl)c3)nc2N)n1. The molecule has 0 amide bonds. The van der Waals surface area contributed by atoms with Crippen molar-refractivity contribution in [3.63, 3.8) is 0 Å². The summed E-state index contributed by atoms with van der Waals surface area (Å²) in [7, 11) is -3.40. The van der Waals surface area contributed by atoms with E-state index in [1.165, 1.54) is 18.3 Å². The second-order valence-electron chi connectivity index (χ2n) is 6.15. The van der Waals surface area contributed by atoms with Gasteiger partial charge in [0.1, 0.15) is 11.4 Å². The van der Waals surface area contributed by atoms with Crippen LogP contribution in [0.2, 0.25) is 5.02 Å². The Kier molecular flexibility index (Phi) is 5.03. The fraction of sp³-hybridized carbons (Fsp3) is 0.250. The number of nitrogens with zero attached hydrogens (tertiary/aromatic N) is 4. The van der Waals surface area contributed by atoms with Gasteiger partial charge in [-0.05, 0) is 18.2 Å². The molecule has 0 fully saturated rings. The molecule has 11 heteroatoms. The minimum atomic E-state index is -3.40. The lowest BCUT2D eigenvalue weighted by atomic mass is 10.2. The van der Waals surface area contributed by atoms with E-state index >= 15 is 0 Å². The van der Waals surface area contributed by atoms with Crippen LogP contribution in [0.25, 0.3) is 11.5 Å². The molecule has 0 aliphatic carbocycles. The third kappa shape index (κ3) is 4.17. The number of rotatable bonds is 5. The summed E-state index contributed by atoms with van der Waals surface area (Å²) < 4.78 is 28.4. The van der Waals surface area contributed by atoms with Crippen LogP contribution in [0, 0.1) is 0 Å². The fourth-order valence-corrected chi connectivity index (χ4v) is 3.54. The third-order valence-electron chi connectivity index (χ3n) is 3.59. The van der Waals surface area contributed by atoms with Gasteiger partial charge in [0, 0.05) is 24.1 Å². The van der Waals surface area contributed by atoms with Crippen molar-refractivity contribution in [2.24, 2.45) is 0 Å². The predicted molar refractivity (Wildman–Crippen MR) is 102 cm³/mol. The first kappa shape index (κ1) is 19.1. The lowest BCUT2D eigenvalue weighted by Gasteiger charge is -2.08. The van der Waals surface area contributed by atoms with Crippen LogP contribution in [0.3, 0.4) is 0 Å². The van der Waals surface area contributed by atoms with Crippen LogP contribution in [0.4, 0.5) is 17.5 Å². The van der Waals surface area contributed by atoms with Crippen LogP contribution in [-0.2, 0) is 9.84 Å². The molecule has 2 aromatic heterocycles. The van der Waals surface area contributed by atoms with E-state index in [2.05, 4.69) is 25.4 Å². The number of hydrogen-bond donors (Lipinski definition) is 2. The highest BCUT2D eigenvalue weighted by molar-refractivity contribution is 7.90. The van der Waals surface area contributed by atoms with Crippen molar-refractivity contribution in [1.29, 1.82) is 0 Å². The highest BCUT2D eigenvalue weighted by Gasteiger charge is 2.16. The number of aromatic nitrogens is 4. The van der Waals surface area contributed by atoms with Crippen LogP contribution < -0.4 is 11.1 Å². The minimum absolute atomic E-state index is 0.0443. The Morgan fingerprint density at radius 1 is 1.26 bits per heavy atom. The molecule has 9 nitrogen and oxygen atoms in total. The molecule has 3 rings (SSSR count). The highest BCUT2D eigenvalue weighted by Crippen LogP contribution is 2.28. The molecule has 0 aliphatic heterocycles. The average Bonchev–Trinajstić information content (AvgIpc) is 3.04. The van der Waals surface area contributed by atoms with Gasteiger partial charge >= 0.3 is 0 Å². The molecular weight excluding hydrogens is 392 g/mol. The van der Waals surface area contributed by atoms with Gasteiger partial charge in [-0.3, -0.25) is 0 Å². The molecule has 0 bridgehead atoms. The minimum Gasteiger partial charge on any atom is -0.383 e. The van der Waals surface area contributed by atoms with Crippen molar-refractivity contribution >= 4 is 38.9 Å². The number of benzene rings is 1. The highest BCUT2D eigenvalue weighted by atomic mass is 35.5. The summed E-state index contributed by atoms with van der Waals surface area (Å²) >= 11 is 6.03. The fourth-order valence-electron chi connectivity index (χ4n) is 2.21. The van der Waals surface area contributed by atoms with E-state index in [-0.39, 0.29) is 33.5 Å². The summed E-state index contributed by atoms with van der Waals surface area (Å²) in [5, 5.41) is 6.90. The predicted octanol–water partition coefficient (Wildman–Crippen LogP) is 3.03. The van der Waals surface area contributed by atoms with E-state index in [0.29, 0.717) is 17.1 Å². The maximum atomic E-state index is 11.6. The summed E-state index contributed by atoms with van der Waals surface area (Å²) in [5.41, 5.74) is 6.91. The molecular formula is C16H17ClN6O3S. The van der Waals surface area contributed by atoms with Gasteiger partial charge in [0.25, 0.3) is 5.89 Å². The molecule has 1 aromatic carbocycles. The zero-order valence-electron chi connectivity index (χ0n) is 14.8. The third-order valence-corrected chi connectivity index (χ3v) is 5.17. The van der Waals surface area contributed by atoms with Crippen LogP contribution in [-0.4, -0.2) is 34.8 Å². The molecule has 0 saturated carbocycles. The van der Waals surface area contributed by atoms with Crippen LogP contribution >= 0.6 is 11.6 Å². The normalized spacial score (nSPS) is 11.7. The second kappa shape index (κ2) is 7.12. The van der Waals surface area contributed by atoms with Gasteiger partial charge in [0.05, 0.1) is 9.92 Å². The Hall–Kier alpha value is -2.72. The first-order chi connectivity index (χ1) is 12.6. The lowest BCUT2D eigenvalue weighted by molar-refractivity contribution is 0.419. The Labute approximate surface area is 160 Å². The standard InChI is InChI=1S/C16H17ClN6O3S/c1-8(2)14-22-15(26-23-14)10-7-19-16(21-13(10)18)20-9-4-5-12(11(17)6-9)27(3,24)25/h4-8H,1-3H3,(H3,18,19,20,21). The van der Waals surface area contributed by atoms with Crippen molar-refractivity contribution in [1.82, 2.24) is 20.1 Å². The van der Waals surface area contributed by atoms with Crippen molar-refractivity contribution in [3.05, 3.63) is 35.2 Å². The molecule has 27 heavy (non-hydrogen) atoms. The van der Waals surface area contributed by atoms with Gasteiger partial charge in [-0.2, -0.15) is 9.97 Å². The lowest BCUT2D eigenvalue weighted by Crippen LogP contribution is -2.03. The number of nitrogens with two attached hydrogens (primary N) is 1. The number of anilines is 3. The zero-order valence-corrected chi connectivity index (χ0v) is 16.3. The van der Waals surface area contributed by atoms with E-state index < -0.39 is 9.84 Å². The Morgan fingerprint density at radius 2 is 2.00 bits per heavy atom. The Balaban J connectivity index is 1.85. The molecule has 0 saturated heterocycles. The molecule has 3 N–H and O–H groups in total. The molecule has 0 radical (unpaired) electrons. The van der Waals surface area contributed by atoms with E-state index in [9.17, 15) is 8.42 Å². The maximum absolute atomic E-state index is 11.6. The van der Waals surface area contributed by atoms with E-state index in [1.54, 1.807) is 6.07 Å². The topological polar surface area (TPSA) is 137 Å². The quantitative estimate of drug-likeness (QED) is 0.652. The van der Waals surface area contributed by atoms with Crippen LogP contribution in [0.15, 0.2) is 33.8 Å². The second-order valence-corrected chi connectivity index (χ2v) is 8.54.